The Morgan fingerprint density at radius 3 is 2.22 bits per heavy atom. The van der Waals surface area contributed by atoms with Crippen molar-refractivity contribution in [2.24, 2.45) is 9.98 Å². The fourth-order valence-corrected chi connectivity index (χ4v) is 1.59. The van der Waals surface area contributed by atoms with Crippen molar-refractivity contribution in [1.82, 2.24) is 0 Å². The van der Waals surface area contributed by atoms with E-state index in [0.717, 1.165) is 17.7 Å². The summed E-state index contributed by atoms with van der Waals surface area (Å²) >= 11 is 0. The highest BCUT2D eigenvalue weighted by Crippen LogP contribution is 2.19. The van der Waals surface area contributed by atoms with Gasteiger partial charge in [-0.15, -0.1) is 0 Å². The van der Waals surface area contributed by atoms with E-state index in [0.29, 0.717) is 12.6 Å². The van der Waals surface area contributed by atoms with Gasteiger partial charge in [0.25, 0.3) is 0 Å². The molecule has 0 saturated carbocycles. The second-order valence-corrected chi connectivity index (χ2v) is 4.48. The number of hydrogen-bond acceptors (Lipinski definition) is 4. The zero-order valence-electron chi connectivity index (χ0n) is 10.5. The minimum Gasteiger partial charge on any atom is -0.297 e. The first kappa shape index (κ1) is 14.0. The van der Waals surface area contributed by atoms with Crippen LogP contribution in [-0.4, -0.2) is 30.5 Å². The summed E-state index contributed by atoms with van der Waals surface area (Å²) in [6.45, 7) is 3.93. The molecule has 0 saturated heterocycles. The average Bonchev–Trinajstić information content (AvgIpc) is 2.35. The molecule has 4 heteroatoms. The lowest BCUT2D eigenvalue weighted by Gasteiger charge is -2.19. The fourth-order valence-electron chi connectivity index (χ4n) is 1.59. The summed E-state index contributed by atoms with van der Waals surface area (Å²) in [5.74, 6) is 0. The maximum Gasteiger partial charge on any atom is 0.161 e. The van der Waals surface area contributed by atoms with Crippen LogP contribution in [0.3, 0.4) is 0 Å². The number of aldehydes is 2. The molecule has 94 valence electrons. The number of rotatable bonds is 6. The third kappa shape index (κ3) is 4.82. The SMILES string of the molecule is CC(C)(Cc1ccc(N=CC=O)cc1)N=CC=O. The van der Waals surface area contributed by atoms with Crippen LogP contribution in [-0.2, 0) is 16.0 Å². The van der Waals surface area contributed by atoms with Gasteiger partial charge in [0.2, 0.25) is 0 Å². The Labute approximate surface area is 106 Å². The van der Waals surface area contributed by atoms with Crippen LogP contribution in [0, 0.1) is 0 Å². The molecule has 0 N–H and O–H groups in total. The van der Waals surface area contributed by atoms with Crippen molar-refractivity contribution in [2.45, 2.75) is 25.8 Å². The zero-order valence-corrected chi connectivity index (χ0v) is 10.5. The molecule has 0 bridgehead atoms. The molecule has 0 aliphatic heterocycles. The van der Waals surface area contributed by atoms with Crippen LogP contribution in [0.5, 0.6) is 0 Å². The van der Waals surface area contributed by atoms with Gasteiger partial charge in [0.05, 0.1) is 23.7 Å². The van der Waals surface area contributed by atoms with Crippen molar-refractivity contribution in [3.63, 3.8) is 0 Å². The maximum absolute atomic E-state index is 10.3. The highest BCUT2D eigenvalue weighted by molar-refractivity contribution is 6.13. The van der Waals surface area contributed by atoms with Crippen molar-refractivity contribution < 1.29 is 9.59 Å². The first-order valence-electron chi connectivity index (χ1n) is 5.63. The van der Waals surface area contributed by atoms with E-state index in [1.807, 2.05) is 38.1 Å². The number of nitrogens with zero attached hydrogens (tertiary/aromatic N) is 2. The van der Waals surface area contributed by atoms with Crippen molar-refractivity contribution in [3.8, 4) is 0 Å². The molecule has 0 aliphatic carbocycles. The summed E-state index contributed by atoms with van der Waals surface area (Å²) < 4.78 is 0. The van der Waals surface area contributed by atoms with Gasteiger partial charge < -0.3 is 0 Å². The van der Waals surface area contributed by atoms with E-state index in [1.165, 1.54) is 12.4 Å². The Hall–Kier alpha value is -2.10. The number of aliphatic imine (C=N–C) groups is 2. The monoisotopic (exact) mass is 244 g/mol. The van der Waals surface area contributed by atoms with Gasteiger partial charge in [-0.2, -0.15) is 0 Å². The molecular weight excluding hydrogens is 228 g/mol. The van der Waals surface area contributed by atoms with Crippen LogP contribution < -0.4 is 0 Å². The van der Waals surface area contributed by atoms with Crippen molar-refractivity contribution >= 4 is 30.7 Å². The lowest BCUT2D eigenvalue weighted by molar-refractivity contribution is -0.103. The molecule has 0 radical (unpaired) electrons. The first-order chi connectivity index (χ1) is 8.57. The van der Waals surface area contributed by atoms with Gasteiger partial charge >= 0.3 is 0 Å². The molecule has 0 spiro atoms. The average molecular weight is 244 g/mol. The molecule has 1 rings (SSSR count). The van der Waals surface area contributed by atoms with Crippen molar-refractivity contribution in [2.75, 3.05) is 0 Å². The third-order valence-corrected chi connectivity index (χ3v) is 2.34. The van der Waals surface area contributed by atoms with Crippen molar-refractivity contribution in [1.29, 1.82) is 0 Å². The van der Waals surface area contributed by atoms with Gasteiger partial charge in [-0.3, -0.25) is 19.6 Å². The van der Waals surface area contributed by atoms with Gasteiger partial charge in [-0.1, -0.05) is 12.1 Å². The van der Waals surface area contributed by atoms with Crippen LogP contribution in [0.4, 0.5) is 5.69 Å². The zero-order chi connectivity index (χ0) is 13.4. The molecule has 0 fully saturated rings. The quantitative estimate of drug-likeness (QED) is 0.569. The Bertz CT molecular complexity index is 459. The summed E-state index contributed by atoms with van der Waals surface area (Å²) in [4.78, 5) is 28.5. The smallest absolute Gasteiger partial charge is 0.161 e. The summed E-state index contributed by atoms with van der Waals surface area (Å²) in [7, 11) is 0. The van der Waals surface area contributed by atoms with Gasteiger partial charge in [0.15, 0.2) is 12.6 Å². The molecule has 1 aromatic rings. The molecule has 1 aromatic carbocycles. The predicted octanol–water partition coefficient (Wildman–Crippen LogP) is 2.18. The van der Waals surface area contributed by atoms with Gasteiger partial charge in [0, 0.05) is 0 Å². The summed E-state index contributed by atoms with van der Waals surface area (Å²) in [6.07, 6.45) is 4.55. The predicted molar refractivity (Wildman–Crippen MR) is 73.0 cm³/mol. The summed E-state index contributed by atoms with van der Waals surface area (Å²) in [5, 5.41) is 0. The fraction of sp³-hybridized carbons (Fsp3) is 0.286. The number of carbonyl (C=O) groups is 2. The van der Waals surface area contributed by atoms with Crippen LogP contribution >= 0.6 is 0 Å². The molecule has 4 nitrogen and oxygen atoms in total. The Morgan fingerprint density at radius 2 is 1.67 bits per heavy atom. The second kappa shape index (κ2) is 6.59. The minimum atomic E-state index is -0.311. The van der Waals surface area contributed by atoms with E-state index in [2.05, 4.69) is 9.98 Å². The molecule has 0 amide bonds. The molecule has 0 atom stereocenters. The topological polar surface area (TPSA) is 58.9 Å². The van der Waals surface area contributed by atoms with E-state index < -0.39 is 0 Å². The Kier molecular flexibility index (Phi) is 5.11. The van der Waals surface area contributed by atoms with Crippen LogP contribution in [0.25, 0.3) is 0 Å². The van der Waals surface area contributed by atoms with Gasteiger partial charge in [-0.05, 0) is 38.0 Å². The van der Waals surface area contributed by atoms with Gasteiger partial charge in [0.1, 0.15) is 0 Å². The summed E-state index contributed by atoms with van der Waals surface area (Å²) in [5.41, 5.74) is 1.53. The molecular formula is C14H16N2O2. The van der Waals surface area contributed by atoms with E-state index in [4.69, 9.17) is 0 Å². The number of carbonyl (C=O) groups excluding carboxylic acids is 2. The maximum atomic E-state index is 10.3. The highest BCUT2D eigenvalue weighted by atomic mass is 16.1. The first-order valence-corrected chi connectivity index (χ1v) is 5.63. The van der Waals surface area contributed by atoms with E-state index in [-0.39, 0.29) is 5.54 Å². The number of benzene rings is 1. The Morgan fingerprint density at radius 1 is 1.06 bits per heavy atom. The molecule has 0 unspecified atom stereocenters. The molecule has 0 heterocycles. The standard InChI is InChI=1S/C14H16N2O2/c1-14(2,16-8-10-18)11-12-3-5-13(6-4-12)15-7-9-17/h3-10H,11H2,1-2H3. The van der Waals surface area contributed by atoms with Crippen LogP contribution in [0.15, 0.2) is 34.3 Å². The third-order valence-electron chi connectivity index (χ3n) is 2.34. The molecule has 18 heavy (non-hydrogen) atoms. The Balaban J connectivity index is 2.74. The largest absolute Gasteiger partial charge is 0.297 e. The summed E-state index contributed by atoms with van der Waals surface area (Å²) in [6, 6.07) is 7.56. The minimum absolute atomic E-state index is 0.311. The second-order valence-electron chi connectivity index (χ2n) is 4.48. The highest BCUT2D eigenvalue weighted by Gasteiger charge is 2.15. The van der Waals surface area contributed by atoms with Crippen LogP contribution in [0.1, 0.15) is 19.4 Å². The van der Waals surface area contributed by atoms with Crippen molar-refractivity contribution in [3.05, 3.63) is 29.8 Å². The number of hydrogen-bond donors (Lipinski definition) is 0. The van der Waals surface area contributed by atoms with E-state index >= 15 is 0 Å². The van der Waals surface area contributed by atoms with Crippen LogP contribution in [0.2, 0.25) is 0 Å². The van der Waals surface area contributed by atoms with Gasteiger partial charge in [-0.25, -0.2) is 0 Å². The lowest BCUT2D eigenvalue weighted by atomic mass is 9.95. The van der Waals surface area contributed by atoms with E-state index in [9.17, 15) is 9.59 Å². The molecule has 0 aliphatic rings. The van der Waals surface area contributed by atoms with E-state index in [1.54, 1.807) is 0 Å². The normalized spacial score (nSPS) is 12.1. The molecule has 0 aromatic heterocycles. The lowest BCUT2D eigenvalue weighted by Crippen LogP contribution is -2.20.